The van der Waals surface area contributed by atoms with Crippen molar-refractivity contribution < 1.29 is 15.3 Å². The number of aliphatic hydroxyl groups is 2. The molecule has 2 atom stereocenters. The molecule has 90 valence electrons. The van der Waals surface area contributed by atoms with Gasteiger partial charge in [0.15, 0.2) is 0 Å². The molecule has 17 heavy (non-hydrogen) atoms. The first-order valence-corrected chi connectivity index (χ1v) is 5.95. The molecule has 0 aliphatic heterocycles. The van der Waals surface area contributed by atoms with Gasteiger partial charge in [0.05, 0.1) is 6.10 Å². The average Bonchev–Trinajstić information content (AvgIpc) is 2.36. The van der Waals surface area contributed by atoms with Crippen molar-refractivity contribution in [2.45, 2.75) is 12.2 Å². The molecule has 0 radical (unpaired) electrons. The van der Waals surface area contributed by atoms with Gasteiger partial charge in [-0.1, -0.05) is 18.2 Å². The van der Waals surface area contributed by atoms with E-state index >= 15 is 0 Å². The average molecular weight is 250 g/mol. The van der Waals surface area contributed by atoms with Crippen molar-refractivity contribution in [3.05, 3.63) is 42.0 Å². The normalized spacial score (nSPS) is 14.8. The van der Waals surface area contributed by atoms with Crippen LogP contribution in [0.5, 0.6) is 5.75 Å². The number of hydrogen-bond donors (Lipinski definition) is 4. The van der Waals surface area contributed by atoms with Crippen LogP contribution in [0.2, 0.25) is 0 Å². The number of aliphatic hydroxyl groups excluding tert-OH is 2. The van der Waals surface area contributed by atoms with Crippen LogP contribution < -0.4 is 0 Å². The minimum absolute atomic E-state index is 0.180. The Bertz CT molecular complexity index is 527. The summed E-state index contributed by atoms with van der Waals surface area (Å²) in [5, 5.41) is 30.6. The molecule has 0 saturated heterocycles. The molecule has 0 bridgehead atoms. The van der Waals surface area contributed by atoms with Crippen LogP contribution in [-0.4, -0.2) is 27.2 Å². The summed E-state index contributed by atoms with van der Waals surface area (Å²) >= 11 is 3.94. The molecule has 2 aromatic carbocycles. The van der Waals surface area contributed by atoms with E-state index in [0.717, 1.165) is 10.8 Å². The lowest BCUT2D eigenvalue weighted by molar-refractivity contribution is 0.0338. The third-order valence-electron chi connectivity index (χ3n) is 2.74. The van der Waals surface area contributed by atoms with Crippen LogP contribution in [0.3, 0.4) is 0 Å². The van der Waals surface area contributed by atoms with E-state index < -0.39 is 12.2 Å². The molecule has 0 heterocycles. The number of benzene rings is 2. The van der Waals surface area contributed by atoms with Crippen LogP contribution >= 0.6 is 12.6 Å². The first-order valence-electron chi connectivity index (χ1n) is 5.31. The van der Waals surface area contributed by atoms with E-state index in [9.17, 15) is 15.3 Å². The monoisotopic (exact) mass is 250 g/mol. The summed E-state index contributed by atoms with van der Waals surface area (Å²) in [7, 11) is 0. The smallest absolute Gasteiger partial charge is 0.116 e. The molecule has 3 N–H and O–H groups in total. The number of phenols is 1. The van der Waals surface area contributed by atoms with Crippen molar-refractivity contribution in [2.75, 3.05) is 5.75 Å². The van der Waals surface area contributed by atoms with Crippen molar-refractivity contribution in [2.24, 2.45) is 0 Å². The molecule has 4 heteroatoms. The Morgan fingerprint density at radius 2 is 1.71 bits per heavy atom. The molecule has 0 aliphatic rings. The molecule has 2 aromatic rings. The van der Waals surface area contributed by atoms with Crippen molar-refractivity contribution in [3.8, 4) is 5.75 Å². The lowest BCUT2D eigenvalue weighted by Gasteiger charge is -2.16. The largest absolute Gasteiger partial charge is 0.508 e. The summed E-state index contributed by atoms with van der Waals surface area (Å²) in [6, 6.07) is 10.4. The van der Waals surface area contributed by atoms with E-state index in [4.69, 9.17) is 0 Å². The maximum Gasteiger partial charge on any atom is 0.116 e. The molecular weight excluding hydrogens is 236 g/mol. The van der Waals surface area contributed by atoms with Gasteiger partial charge in [0.1, 0.15) is 11.9 Å². The van der Waals surface area contributed by atoms with E-state index in [1.165, 1.54) is 0 Å². The number of aromatic hydroxyl groups is 1. The van der Waals surface area contributed by atoms with Gasteiger partial charge in [-0.15, -0.1) is 0 Å². The highest BCUT2D eigenvalue weighted by Gasteiger charge is 2.16. The second kappa shape index (κ2) is 4.96. The van der Waals surface area contributed by atoms with Gasteiger partial charge in [0.25, 0.3) is 0 Å². The number of thiol groups is 1. The van der Waals surface area contributed by atoms with Gasteiger partial charge < -0.3 is 15.3 Å². The number of phenolic OH excluding ortho intramolecular Hbond substituents is 1. The fourth-order valence-electron chi connectivity index (χ4n) is 1.76. The first-order chi connectivity index (χ1) is 8.11. The summed E-state index contributed by atoms with van der Waals surface area (Å²) in [4.78, 5) is 0. The molecular formula is C13H14O3S. The fourth-order valence-corrected chi connectivity index (χ4v) is 1.96. The molecule has 3 nitrogen and oxygen atoms in total. The van der Waals surface area contributed by atoms with Gasteiger partial charge >= 0.3 is 0 Å². The summed E-state index contributed by atoms with van der Waals surface area (Å²) in [6.07, 6.45) is -1.85. The molecule has 2 unspecified atom stereocenters. The molecule has 0 aliphatic carbocycles. The summed E-state index contributed by atoms with van der Waals surface area (Å²) < 4.78 is 0. The van der Waals surface area contributed by atoms with E-state index in [-0.39, 0.29) is 11.5 Å². The Morgan fingerprint density at radius 1 is 1.00 bits per heavy atom. The van der Waals surface area contributed by atoms with Gasteiger partial charge in [-0.05, 0) is 34.5 Å². The third-order valence-corrected chi connectivity index (χ3v) is 3.12. The molecule has 0 saturated carbocycles. The zero-order valence-electron chi connectivity index (χ0n) is 9.11. The minimum atomic E-state index is -0.959. The van der Waals surface area contributed by atoms with Crippen molar-refractivity contribution in [1.29, 1.82) is 0 Å². The second-order valence-corrected chi connectivity index (χ2v) is 4.35. The van der Waals surface area contributed by atoms with E-state index in [1.807, 2.05) is 6.07 Å². The quantitative estimate of drug-likeness (QED) is 0.629. The fraction of sp³-hybridized carbons (Fsp3) is 0.231. The summed E-state index contributed by atoms with van der Waals surface area (Å²) in [6.45, 7) is 0. The van der Waals surface area contributed by atoms with Crippen molar-refractivity contribution >= 4 is 23.4 Å². The predicted molar refractivity (Wildman–Crippen MR) is 70.4 cm³/mol. The van der Waals surface area contributed by atoms with E-state index in [1.54, 1.807) is 30.3 Å². The van der Waals surface area contributed by atoms with Crippen LogP contribution in [0.1, 0.15) is 11.7 Å². The predicted octanol–water partition coefficient (Wildman–Crippen LogP) is 1.87. The highest BCUT2D eigenvalue weighted by molar-refractivity contribution is 7.80. The molecule has 2 rings (SSSR count). The van der Waals surface area contributed by atoms with Crippen LogP contribution in [-0.2, 0) is 0 Å². The van der Waals surface area contributed by atoms with Crippen molar-refractivity contribution in [3.63, 3.8) is 0 Å². The lowest BCUT2D eigenvalue weighted by Crippen LogP contribution is -2.19. The van der Waals surface area contributed by atoms with Crippen LogP contribution in [0, 0.1) is 0 Å². The Kier molecular flexibility index (Phi) is 3.57. The SMILES string of the molecule is Oc1ccc2ccc(C(O)C(O)CS)cc2c1. The first kappa shape index (κ1) is 12.2. The maximum absolute atomic E-state index is 9.86. The molecule has 0 fully saturated rings. The van der Waals surface area contributed by atoms with Gasteiger partial charge in [0.2, 0.25) is 0 Å². The van der Waals surface area contributed by atoms with E-state index in [0.29, 0.717) is 5.56 Å². The van der Waals surface area contributed by atoms with Gasteiger partial charge in [-0.25, -0.2) is 0 Å². The van der Waals surface area contributed by atoms with Crippen LogP contribution in [0.15, 0.2) is 36.4 Å². The minimum Gasteiger partial charge on any atom is -0.508 e. The second-order valence-electron chi connectivity index (χ2n) is 3.99. The van der Waals surface area contributed by atoms with E-state index in [2.05, 4.69) is 12.6 Å². The maximum atomic E-state index is 9.86. The lowest BCUT2D eigenvalue weighted by atomic mass is 10.0. The Balaban J connectivity index is 2.43. The molecule has 0 amide bonds. The highest BCUT2D eigenvalue weighted by Crippen LogP contribution is 2.25. The summed E-state index contributed by atoms with van der Waals surface area (Å²) in [5.41, 5.74) is 0.615. The Morgan fingerprint density at radius 3 is 2.41 bits per heavy atom. The van der Waals surface area contributed by atoms with Crippen LogP contribution in [0.4, 0.5) is 0 Å². The van der Waals surface area contributed by atoms with Gasteiger partial charge in [-0.2, -0.15) is 12.6 Å². The number of fused-ring (bicyclic) bond motifs is 1. The zero-order chi connectivity index (χ0) is 12.4. The Labute approximate surface area is 105 Å². The third kappa shape index (κ3) is 2.54. The molecule has 0 aromatic heterocycles. The topological polar surface area (TPSA) is 60.7 Å². The van der Waals surface area contributed by atoms with Gasteiger partial charge in [-0.3, -0.25) is 0 Å². The van der Waals surface area contributed by atoms with Crippen LogP contribution in [0.25, 0.3) is 10.8 Å². The number of hydrogen-bond acceptors (Lipinski definition) is 4. The number of rotatable bonds is 3. The zero-order valence-corrected chi connectivity index (χ0v) is 10.0. The Hall–Kier alpha value is -1.23. The van der Waals surface area contributed by atoms with Gasteiger partial charge in [0, 0.05) is 5.75 Å². The highest BCUT2D eigenvalue weighted by atomic mass is 32.1. The molecule has 0 spiro atoms. The standard InChI is InChI=1S/C13H14O3S/c14-11-4-3-8-1-2-9(5-10(8)6-11)13(16)12(15)7-17/h1-6,12-17H,7H2. The summed E-state index contributed by atoms with van der Waals surface area (Å²) in [5.74, 6) is 0.373. The van der Waals surface area contributed by atoms with Crippen molar-refractivity contribution in [1.82, 2.24) is 0 Å².